The standard InChI is InChI=1S/C25H21ClN2O/c1-15-11-17(3)24-20(12-15)21(14-23(28-24)18-7-5-4-6-8-18)25(29)27-19-10-9-16(2)22(26)13-19/h4-14H,1-3H3,(H,27,29). The molecule has 0 aliphatic rings. The van der Waals surface area contributed by atoms with Gasteiger partial charge in [0.2, 0.25) is 0 Å². The van der Waals surface area contributed by atoms with Gasteiger partial charge >= 0.3 is 0 Å². The normalized spacial score (nSPS) is 10.9. The SMILES string of the molecule is Cc1cc(C)c2nc(-c3ccccc3)cc(C(=O)Nc3ccc(C)c(Cl)c3)c2c1. The van der Waals surface area contributed by atoms with Crippen molar-refractivity contribution in [2.24, 2.45) is 0 Å². The van der Waals surface area contributed by atoms with E-state index in [9.17, 15) is 4.79 Å². The second kappa shape index (κ2) is 7.69. The molecule has 0 aliphatic heterocycles. The van der Waals surface area contributed by atoms with Crippen molar-refractivity contribution in [3.05, 3.63) is 94.0 Å². The molecule has 29 heavy (non-hydrogen) atoms. The first-order chi connectivity index (χ1) is 13.9. The van der Waals surface area contributed by atoms with Crippen LogP contribution in [0.15, 0.2) is 66.7 Å². The minimum absolute atomic E-state index is 0.181. The van der Waals surface area contributed by atoms with E-state index >= 15 is 0 Å². The first-order valence-corrected chi connectivity index (χ1v) is 9.85. The zero-order chi connectivity index (χ0) is 20.5. The van der Waals surface area contributed by atoms with Crippen LogP contribution in [0.4, 0.5) is 5.69 Å². The molecule has 1 N–H and O–H groups in total. The van der Waals surface area contributed by atoms with Crippen molar-refractivity contribution < 1.29 is 4.79 Å². The van der Waals surface area contributed by atoms with E-state index in [-0.39, 0.29) is 5.91 Å². The Labute approximate surface area is 175 Å². The van der Waals surface area contributed by atoms with E-state index in [1.807, 2.05) is 75.4 Å². The Kier molecular flexibility index (Phi) is 5.08. The summed E-state index contributed by atoms with van der Waals surface area (Å²) < 4.78 is 0. The van der Waals surface area contributed by atoms with Gasteiger partial charge in [-0.15, -0.1) is 0 Å². The number of hydrogen-bond donors (Lipinski definition) is 1. The summed E-state index contributed by atoms with van der Waals surface area (Å²) in [4.78, 5) is 18.1. The van der Waals surface area contributed by atoms with Crippen molar-refractivity contribution in [2.75, 3.05) is 5.32 Å². The fourth-order valence-electron chi connectivity index (χ4n) is 3.49. The number of anilines is 1. The number of carbonyl (C=O) groups excluding carboxylic acids is 1. The number of nitrogens with zero attached hydrogens (tertiary/aromatic N) is 1. The predicted octanol–water partition coefficient (Wildman–Crippen LogP) is 6.73. The highest BCUT2D eigenvalue weighted by molar-refractivity contribution is 6.31. The lowest BCUT2D eigenvalue weighted by molar-refractivity contribution is 0.102. The monoisotopic (exact) mass is 400 g/mol. The molecule has 3 aromatic carbocycles. The molecule has 0 bridgehead atoms. The lowest BCUT2D eigenvalue weighted by atomic mass is 9.99. The summed E-state index contributed by atoms with van der Waals surface area (Å²) in [5, 5.41) is 4.45. The molecule has 0 saturated heterocycles. The maximum atomic E-state index is 13.2. The molecular weight excluding hydrogens is 380 g/mol. The summed E-state index contributed by atoms with van der Waals surface area (Å²) in [7, 11) is 0. The zero-order valence-electron chi connectivity index (χ0n) is 16.6. The molecule has 0 aliphatic carbocycles. The van der Waals surface area contributed by atoms with Crippen molar-refractivity contribution in [3.63, 3.8) is 0 Å². The number of nitrogens with one attached hydrogen (secondary N) is 1. The van der Waals surface area contributed by atoms with Gasteiger partial charge in [0, 0.05) is 21.7 Å². The fourth-order valence-corrected chi connectivity index (χ4v) is 3.68. The molecule has 0 saturated carbocycles. The van der Waals surface area contributed by atoms with Crippen LogP contribution >= 0.6 is 11.6 Å². The number of aryl methyl sites for hydroxylation is 3. The number of benzene rings is 3. The first kappa shape index (κ1) is 19.2. The van der Waals surface area contributed by atoms with Gasteiger partial charge in [-0.25, -0.2) is 4.98 Å². The Morgan fingerprint density at radius 1 is 0.897 bits per heavy atom. The smallest absolute Gasteiger partial charge is 0.256 e. The van der Waals surface area contributed by atoms with Crippen molar-refractivity contribution in [1.29, 1.82) is 0 Å². The third-order valence-corrected chi connectivity index (χ3v) is 5.40. The number of hydrogen-bond acceptors (Lipinski definition) is 2. The number of halogens is 1. The van der Waals surface area contributed by atoms with Crippen LogP contribution in [0.25, 0.3) is 22.2 Å². The molecule has 4 heteroatoms. The number of rotatable bonds is 3. The van der Waals surface area contributed by atoms with Crippen LogP contribution in [-0.4, -0.2) is 10.9 Å². The summed E-state index contributed by atoms with van der Waals surface area (Å²) in [6, 6.07) is 21.4. The topological polar surface area (TPSA) is 42.0 Å². The van der Waals surface area contributed by atoms with Crippen molar-refractivity contribution >= 4 is 34.1 Å². The minimum Gasteiger partial charge on any atom is -0.322 e. The molecule has 1 amide bonds. The molecule has 4 rings (SSSR count). The molecule has 144 valence electrons. The van der Waals surface area contributed by atoms with Gasteiger partial charge in [-0.2, -0.15) is 0 Å². The Morgan fingerprint density at radius 3 is 2.38 bits per heavy atom. The van der Waals surface area contributed by atoms with Crippen LogP contribution in [0.3, 0.4) is 0 Å². The van der Waals surface area contributed by atoms with E-state index in [0.29, 0.717) is 16.3 Å². The average molecular weight is 401 g/mol. The molecule has 0 spiro atoms. The number of pyridine rings is 1. The summed E-state index contributed by atoms with van der Waals surface area (Å²) in [5.41, 5.74) is 6.96. The van der Waals surface area contributed by atoms with Crippen LogP contribution in [0, 0.1) is 20.8 Å². The summed E-state index contributed by atoms with van der Waals surface area (Å²) in [6.45, 7) is 5.99. The summed E-state index contributed by atoms with van der Waals surface area (Å²) in [6.07, 6.45) is 0. The largest absolute Gasteiger partial charge is 0.322 e. The quantitative estimate of drug-likeness (QED) is 0.414. The van der Waals surface area contributed by atoms with Gasteiger partial charge in [-0.3, -0.25) is 4.79 Å². The highest BCUT2D eigenvalue weighted by atomic mass is 35.5. The van der Waals surface area contributed by atoms with Gasteiger partial charge < -0.3 is 5.32 Å². The van der Waals surface area contributed by atoms with E-state index in [1.165, 1.54) is 0 Å². The van der Waals surface area contributed by atoms with E-state index in [0.717, 1.165) is 38.9 Å². The van der Waals surface area contributed by atoms with Crippen molar-refractivity contribution in [3.8, 4) is 11.3 Å². The molecule has 0 atom stereocenters. The second-order valence-electron chi connectivity index (χ2n) is 7.32. The van der Waals surface area contributed by atoms with Crippen LogP contribution in [-0.2, 0) is 0 Å². The number of amides is 1. The third-order valence-electron chi connectivity index (χ3n) is 4.99. The van der Waals surface area contributed by atoms with Crippen LogP contribution in [0.2, 0.25) is 5.02 Å². The summed E-state index contributed by atoms with van der Waals surface area (Å²) in [5.74, 6) is -0.181. The van der Waals surface area contributed by atoms with Gasteiger partial charge in [-0.1, -0.05) is 59.6 Å². The van der Waals surface area contributed by atoms with Crippen molar-refractivity contribution in [2.45, 2.75) is 20.8 Å². The molecule has 0 fully saturated rings. The molecule has 3 nitrogen and oxygen atoms in total. The van der Waals surface area contributed by atoms with Gasteiger partial charge in [0.1, 0.15) is 0 Å². The second-order valence-corrected chi connectivity index (χ2v) is 7.72. The fraction of sp³-hybridized carbons (Fsp3) is 0.120. The van der Waals surface area contributed by atoms with Crippen LogP contribution in [0.5, 0.6) is 0 Å². The lowest BCUT2D eigenvalue weighted by Gasteiger charge is -2.13. The molecule has 4 aromatic rings. The highest BCUT2D eigenvalue weighted by Crippen LogP contribution is 2.29. The first-order valence-electron chi connectivity index (χ1n) is 9.47. The third kappa shape index (κ3) is 3.87. The maximum Gasteiger partial charge on any atom is 0.256 e. The van der Waals surface area contributed by atoms with Crippen molar-refractivity contribution in [1.82, 2.24) is 4.98 Å². The predicted molar refractivity (Wildman–Crippen MR) is 121 cm³/mol. The van der Waals surface area contributed by atoms with E-state index in [1.54, 1.807) is 6.07 Å². The molecular formula is C25H21ClN2O. The zero-order valence-corrected chi connectivity index (χ0v) is 17.3. The number of aromatic nitrogens is 1. The summed E-state index contributed by atoms with van der Waals surface area (Å²) >= 11 is 6.22. The van der Waals surface area contributed by atoms with Crippen LogP contribution < -0.4 is 5.32 Å². The van der Waals surface area contributed by atoms with E-state index < -0.39 is 0 Å². The van der Waals surface area contributed by atoms with Gasteiger partial charge in [0.25, 0.3) is 5.91 Å². The van der Waals surface area contributed by atoms with Gasteiger partial charge in [0.15, 0.2) is 0 Å². The Balaban J connectivity index is 1.86. The van der Waals surface area contributed by atoms with E-state index in [4.69, 9.17) is 16.6 Å². The Morgan fingerprint density at radius 2 is 1.66 bits per heavy atom. The molecule has 1 heterocycles. The van der Waals surface area contributed by atoms with Gasteiger partial charge in [0.05, 0.1) is 16.8 Å². The Bertz CT molecular complexity index is 1230. The average Bonchev–Trinajstić information content (AvgIpc) is 2.70. The Hall–Kier alpha value is -3.17. The van der Waals surface area contributed by atoms with Gasteiger partial charge in [-0.05, 0) is 56.2 Å². The van der Waals surface area contributed by atoms with Crippen LogP contribution in [0.1, 0.15) is 27.0 Å². The number of carbonyl (C=O) groups is 1. The minimum atomic E-state index is -0.181. The molecule has 1 aromatic heterocycles. The maximum absolute atomic E-state index is 13.2. The highest BCUT2D eigenvalue weighted by Gasteiger charge is 2.16. The van der Waals surface area contributed by atoms with E-state index in [2.05, 4.69) is 11.4 Å². The lowest BCUT2D eigenvalue weighted by Crippen LogP contribution is -2.13. The molecule has 0 radical (unpaired) electrons. The number of fused-ring (bicyclic) bond motifs is 1. The molecule has 0 unspecified atom stereocenters.